The van der Waals surface area contributed by atoms with Crippen LogP contribution in [0.4, 0.5) is 0 Å². The van der Waals surface area contributed by atoms with Crippen LogP contribution in [0.2, 0.25) is 5.02 Å². The van der Waals surface area contributed by atoms with Gasteiger partial charge in [-0.2, -0.15) is 5.10 Å². The fourth-order valence-electron chi connectivity index (χ4n) is 1.59. The molecule has 1 atom stereocenters. The summed E-state index contributed by atoms with van der Waals surface area (Å²) in [4.78, 5) is 3.83. The molecule has 22 heavy (non-hydrogen) atoms. The minimum atomic E-state index is -0.777. The lowest BCUT2D eigenvalue weighted by Crippen LogP contribution is -2.43. The molecule has 0 aliphatic carbocycles. The first kappa shape index (κ1) is 18.7. The highest BCUT2D eigenvalue weighted by Crippen LogP contribution is 2.30. The van der Waals surface area contributed by atoms with Crippen molar-refractivity contribution in [1.29, 1.82) is 0 Å². The van der Waals surface area contributed by atoms with Gasteiger partial charge in [0.2, 0.25) is 0 Å². The molecule has 4 nitrogen and oxygen atoms in total. The van der Waals surface area contributed by atoms with E-state index in [-0.39, 0.29) is 5.41 Å². The van der Waals surface area contributed by atoms with Crippen molar-refractivity contribution in [2.45, 2.75) is 53.2 Å². The molecule has 2 rings (SSSR count). The van der Waals surface area contributed by atoms with E-state index in [9.17, 15) is 5.11 Å². The molecular formula is C17H26ClN3O. The maximum Gasteiger partial charge on any atom is 0.137 e. The van der Waals surface area contributed by atoms with Crippen LogP contribution in [0.5, 0.6) is 0 Å². The van der Waals surface area contributed by atoms with Crippen molar-refractivity contribution in [2.24, 2.45) is 5.41 Å². The number of benzene rings is 1. The van der Waals surface area contributed by atoms with E-state index in [1.165, 1.54) is 11.9 Å². The van der Waals surface area contributed by atoms with Crippen LogP contribution in [0.3, 0.4) is 0 Å². The Morgan fingerprint density at radius 1 is 1.14 bits per heavy atom. The average Bonchev–Trinajstić information content (AvgIpc) is 2.91. The Balaban J connectivity index is 0.000000235. The van der Waals surface area contributed by atoms with Crippen LogP contribution in [-0.2, 0) is 13.0 Å². The van der Waals surface area contributed by atoms with Gasteiger partial charge in [0.25, 0.3) is 0 Å². The Kier molecular flexibility index (Phi) is 6.57. The second kappa shape index (κ2) is 7.75. The highest BCUT2D eigenvalue weighted by Gasteiger charge is 2.35. The molecule has 0 saturated heterocycles. The lowest BCUT2D eigenvalue weighted by atomic mass is 9.78. The minimum Gasteiger partial charge on any atom is -0.388 e. The van der Waals surface area contributed by atoms with Gasteiger partial charge in [-0.25, -0.2) is 4.98 Å². The molecule has 2 aromatic rings. The van der Waals surface area contributed by atoms with Crippen LogP contribution in [-0.4, -0.2) is 25.5 Å². The van der Waals surface area contributed by atoms with Crippen LogP contribution >= 0.6 is 11.6 Å². The van der Waals surface area contributed by atoms with Gasteiger partial charge in [-0.1, -0.05) is 51.4 Å². The van der Waals surface area contributed by atoms with Crippen molar-refractivity contribution in [3.05, 3.63) is 47.5 Å². The largest absolute Gasteiger partial charge is 0.388 e. The Morgan fingerprint density at radius 3 is 2.14 bits per heavy atom. The molecule has 5 heteroatoms. The van der Waals surface area contributed by atoms with Crippen molar-refractivity contribution < 1.29 is 5.11 Å². The average molecular weight is 324 g/mol. The molecule has 0 spiro atoms. The van der Waals surface area contributed by atoms with Crippen LogP contribution in [0.1, 0.15) is 40.2 Å². The molecule has 0 aliphatic rings. The van der Waals surface area contributed by atoms with E-state index < -0.39 is 5.60 Å². The normalized spacial score (nSPS) is 14.0. The Labute approximate surface area is 138 Å². The number of aryl methyl sites for hydroxylation is 1. The van der Waals surface area contributed by atoms with Crippen molar-refractivity contribution in [3.8, 4) is 0 Å². The maximum atomic E-state index is 10.1. The zero-order chi connectivity index (χ0) is 16.8. The van der Waals surface area contributed by atoms with Crippen LogP contribution < -0.4 is 0 Å². The van der Waals surface area contributed by atoms with Crippen molar-refractivity contribution in [2.75, 3.05) is 0 Å². The predicted octanol–water partition coefficient (Wildman–Crippen LogP) is 3.98. The summed E-state index contributed by atoms with van der Waals surface area (Å²) in [6.45, 7) is 10.4. The van der Waals surface area contributed by atoms with Gasteiger partial charge < -0.3 is 5.11 Å². The summed E-state index contributed by atoms with van der Waals surface area (Å²) in [5.74, 6) is 0. The molecule has 0 fully saturated rings. The summed E-state index contributed by atoms with van der Waals surface area (Å²) in [5, 5.41) is 14.9. The van der Waals surface area contributed by atoms with Crippen LogP contribution in [0.25, 0.3) is 0 Å². The molecule has 1 unspecified atom stereocenters. The Hall–Kier alpha value is -1.39. The van der Waals surface area contributed by atoms with E-state index in [1.807, 2.05) is 52.0 Å². The van der Waals surface area contributed by atoms with Crippen LogP contribution in [0.15, 0.2) is 36.9 Å². The topological polar surface area (TPSA) is 50.9 Å². The lowest BCUT2D eigenvalue weighted by molar-refractivity contribution is -0.0571. The Bertz CT molecular complexity index is 542. The number of rotatable bonds is 3. The molecule has 0 aliphatic heterocycles. The van der Waals surface area contributed by atoms with Gasteiger partial charge in [-0.15, -0.1) is 0 Å². The standard InChI is InChI=1S/C9H17N3O.C8H9Cl/c1-8(2,3)9(4,13)5-12-7-10-6-11-12;1-2-7-3-5-8(9)6-4-7/h6-7,13H,5H2,1-4H3;3-6H,2H2,1H3. The SMILES string of the molecule is CC(C)(C)C(C)(O)Cn1cncn1.CCc1ccc(Cl)cc1. The fraction of sp³-hybridized carbons (Fsp3) is 0.529. The number of aromatic nitrogens is 3. The summed E-state index contributed by atoms with van der Waals surface area (Å²) < 4.78 is 1.64. The zero-order valence-electron chi connectivity index (χ0n) is 14.0. The molecule has 1 aromatic carbocycles. The highest BCUT2D eigenvalue weighted by atomic mass is 35.5. The van der Waals surface area contributed by atoms with Crippen LogP contribution in [0, 0.1) is 5.41 Å². The first-order valence-corrected chi connectivity index (χ1v) is 7.83. The quantitative estimate of drug-likeness (QED) is 0.929. The second-order valence-corrected chi connectivity index (χ2v) is 7.03. The third-order valence-electron chi connectivity index (χ3n) is 3.87. The lowest BCUT2D eigenvalue weighted by Gasteiger charge is -2.36. The number of hydrogen-bond acceptors (Lipinski definition) is 3. The third-order valence-corrected chi connectivity index (χ3v) is 4.13. The number of halogens is 1. The van der Waals surface area contributed by atoms with Gasteiger partial charge in [0.1, 0.15) is 12.7 Å². The van der Waals surface area contributed by atoms with E-state index in [0.717, 1.165) is 11.4 Å². The van der Waals surface area contributed by atoms with E-state index >= 15 is 0 Å². The smallest absolute Gasteiger partial charge is 0.137 e. The van der Waals surface area contributed by atoms with E-state index in [0.29, 0.717) is 6.54 Å². The summed E-state index contributed by atoms with van der Waals surface area (Å²) in [6, 6.07) is 7.92. The first-order valence-electron chi connectivity index (χ1n) is 7.45. The minimum absolute atomic E-state index is 0.168. The molecule has 0 radical (unpaired) electrons. The van der Waals surface area contributed by atoms with Gasteiger partial charge in [-0.05, 0) is 36.5 Å². The summed E-state index contributed by atoms with van der Waals surface area (Å²) in [6.07, 6.45) is 4.16. The van der Waals surface area contributed by atoms with Gasteiger partial charge >= 0.3 is 0 Å². The monoisotopic (exact) mass is 323 g/mol. The summed E-state index contributed by atoms with van der Waals surface area (Å²) in [5.41, 5.74) is 0.388. The van der Waals surface area contributed by atoms with E-state index in [2.05, 4.69) is 17.0 Å². The predicted molar refractivity (Wildman–Crippen MR) is 90.9 cm³/mol. The summed E-state index contributed by atoms with van der Waals surface area (Å²) >= 11 is 5.67. The molecule has 0 amide bonds. The first-order chi connectivity index (χ1) is 10.2. The zero-order valence-corrected chi connectivity index (χ0v) is 14.8. The molecule has 0 bridgehead atoms. The third kappa shape index (κ3) is 5.78. The second-order valence-electron chi connectivity index (χ2n) is 6.60. The highest BCUT2D eigenvalue weighted by molar-refractivity contribution is 6.30. The number of aliphatic hydroxyl groups is 1. The van der Waals surface area contributed by atoms with E-state index in [1.54, 1.807) is 11.0 Å². The van der Waals surface area contributed by atoms with E-state index in [4.69, 9.17) is 11.6 Å². The van der Waals surface area contributed by atoms with Gasteiger partial charge in [0.05, 0.1) is 12.1 Å². The summed E-state index contributed by atoms with van der Waals surface area (Å²) in [7, 11) is 0. The number of nitrogens with zero attached hydrogens (tertiary/aromatic N) is 3. The maximum absolute atomic E-state index is 10.1. The van der Waals surface area contributed by atoms with Gasteiger partial charge in [0.15, 0.2) is 0 Å². The van der Waals surface area contributed by atoms with Crippen molar-refractivity contribution in [3.63, 3.8) is 0 Å². The fourth-order valence-corrected chi connectivity index (χ4v) is 1.71. The van der Waals surface area contributed by atoms with Crippen molar-refractivity contribution >= 4 is 11.6 Å². The number of hydrogen-bond donors (Lipinski definition) is 1. The molecule has 122 valence electrons. The van der Waals surface area contributed by atoms with Gasteiger partial charge in [-0.3, -0.25) is 4.68 Å². The molecule has 0 saturated carbocycles. The Morgan fingerprint density at radius 2 is 1.73 bits per heavy atom. The van der Waals surface area contributed by atoms with Gasteiger partial charge in [0, 0.05) is 5.02 Å². The molecule has 1 heterocycles. The molecular weight excluding hydrogens is 298 g/mol. The molecule has 1 N–H and O–H groups in total. The molecule has 1 aromatic heterocycles. The van der Waals surface area contributed by atoms with Crippen molar-refractivity contribution in [1.82, 2.24) is 14.8 Å².